The number of carbonyl (C=O) groups excluding carboxylic acids is 1. The number of nitrogens with two attached hydrogens (primary N) is 2. The van der Waals surface area contributed by atoms with E-state index in [1.807, 2.05) is 36.4 Å². The Balaban J connectivity index is 1.61. The number of rotatable bonds is 5. The number of amides is 1. The molecule has 1 aliphatic rings. The average molecular weight is 338 g/mol. The van der Waals surface area contributed by atoms with Gasteiger partial charge in [0.25, 0.3) is 0 Å². The molecule has 0 fully saturated rings. The summed E-state index contributed by atoms with van der Waals surface area (Å²) < 4.78 is 10.7. The predicted molar refractivity (Wildman–Crippen MR) is 92.2 cm³/mol. The molecule has 0 saturated carbocycles. The maximum absolute atomic E-state index is 10.9. The van der Waals surface area contributed by atoms with E-state index >= 15 is 0 Å². The zero-order valence-corrected chi connectivity index (χ0v) is 13.5. The number of aromatic nitrogens is 2. The molecule has 0 radical (unpaired) electrons. The lowest BCUT2D eigenvalue weighted by Gasteiger charge is -2.09. The number of H-pyrrole nitrogens is 1. The molecule has 1 unspecified atom stereocenters. The first-order chi connectivity index (χ1) is 12.1. The minimum atomic E-state index is -0.407. The Bertz CT molecular complexity index is 951. The van der Waals surface area contributed by atoms with E-state index in [4.69, 9.17) is 20.9 Å². The van der Waals surface area contributed by atoms with E-state index in [9.17, 15) is 4.79 Å². The normalized spacial score (nSPS) is 14.0. The van der Waals surface area contributed by atoms with Crippen LogP contribution < -0.4 is 20.9 Å². The quantitative estimate of drug-likeness (QED) is 0.655. The van der Waals surface area contributed by atoms with Crippen LogP contribution in [0.5, 0.6) is 11.5 Å². The molecule has 2 aromatic carbocycles. The first-order valence-corrected chi connectivity index (χ1v) is 8.02. The van der Waals surface area contributed by atoms with Crippen LogP contribution >= 0.6 is 0 Å². The van der Waals surface area contributed by atoms with Crippen LogP contribution in [0, 0.1) is 0 Å². The van der Waals surface area contributed by atoms with Crippen LogP contribution in [-0.2, 0) is 11.2 Å². The maximum atomic E-state index is 10.9. The van der Waals surface area contributed by atoms with Gasteiger partial charge in [-0.25, -0.2) is 4.98 Å². The molecule has 5 N–H and O–H groups in total. The van der Waals surface area contributed by atoms with Gasteiger partial charge in [0.2, 0.25) is 12.7 Å². The van der Waals surface area contributed by atoms with Crippen LogP contribution in [0.25, 0.3) is 11.0 Å². The lowest BCUT2D eigenvalue weighted by Crippen LogP contribution is -2.13. The lowest BCUT2D eigenvalue weighted by molar-refractivity contribution is -0.117. The van der Waals surface area contributed by atoms with E-state index in [-0.39, 0.29) is 12.7 Å². The van der Waals surface area contributed by atoms with Gasteiger partial charge in [-0.05, 0) is 41.8 Å². The Morgan fingerprint density at radius 2 is 2.04 bits per heavy atom. The number of primary amides is 1. The maximum Gasteiger partial charge on any atom is 0.231 e. The van der Waals surface area contributed by atoms with Crippen LogP contribution in [0.4, 0.5) is 0 Å². The van der Waals surface area contributed by atoms with E-state index in [0.717, 1.165) is 27.9 Å². The molecule has 4 rings (SSSR count). The lowest BCUT2D eigenvalue weighted by atomic mass is 10.1. The minimum Gasteiger partial charge on any atom is -0.454 e. The highest BCUT2D eigenvalue weighted by Gasteiger charge is 2.19. The number of imidazole rings is 1. The van der Waals surface area contributed by atoms with Crippen molar-refractivity contribution in [2.24, 2.45) is 11.5 Å². The molecule has 2 heterocycles. The number of fused-ring (bicyclic) bond motifs is 2. The fourth-order valence-corrected chi connectivity index (χ4v) is 2.91. The topological polar surface area (TPSA) is 116 Å². The number of ether oxygens (including phenoxy) is 2. The second kappa shape index (κ2) is 6.10. The Morgan fingerprint density at radius 3 is 2.88 bits per heavy atom. The van der Waals surface area contributed by atoms with E-state index in [0.29, 0.717) is 24.4 Å². The highest BCUT2D eigenvalue weighted by molar-refractivity contribution is 5.77. The Kier molecular flexibility index (Phi) is 3.77. The summed E-state index contributed by atoms with van der Waals surface area (Å²) in [4.78, 5) is 18.8. The molecule has 0 saturated heterocycles. The van der Waals surface area contributed by atoms with Crippen LogP contribution in [-0.4, -0.2) is 22.7 Å². The van der Waals surface area contributed by atoms with Crippen molar-refractivity contribution in [2.75, 3.05) is 6.79 Å². The Morgan fingerprint density at radius 1 is 1.20 bits per heavy atom. The Labute approximate surface area is 143 Å². The van der Waals surface area contributed by atoms with E-state index in [2.05, 4.69) is 9.97 Å². The number of aryl methyl sites for hydroxylation is 1. The van der Waals surface area contributed by atoms with Crippen LogP contribution in [0.2, 0.25) is 0 Å². The summed E-state index contributed by atoms with van der Waals surface area (Å²) in [6.45, 7) is 0.229. The van der Waals surface area contributed by atoms with E-state index in [1.54, 1.807) is 0 Å². The minimum absolute atomic E-state index is 0.229. The highest BCUT2D eigenvalue weighted by atomic mass is 16.7. The third kappa shape index (κ3) is 3.01. The number of nitrogens with zero attached hydrogens (tertiary/aromatic N) is 1. The highest BCUT2D eigenvalue weighted by Crippen LogP contribution is 2.34. The molecule has 1 amide bonds. The number of hydrogen-bond acceptors (Lipinski definition) is 5. The summed E-state index contributed by atoms with van der Waals surface area (Å²) >= 11 is 0. The first kappa shape index (κ1) is 15.5. The van der Waals surface area contributed by atoms with Gasteiger partial charge in [0.05, 0.1) is 17.1 Å². The molecule has 0 bridgehead atoms. The molecular weight excluding hydrogens is 320 g/mol. The molecule has 1 atom stereocenters. The van der Waals surface area contributed by atoms with Gasteiger partial charge in [0.1, 0.15) is 5.82 Å². The van der Waals surface area contributed by atoms with Crippen LogP contribution in [0.15, 0.2) is 36.4 Å². The van der Waals surface area contributed by atoms with Crippen LogP contribution in [0.3, 0.4) is 0 Å². The van der Waals surface area contributed by atoms with Crippen molar-refractivity contribution >= 4 is 16.9 Å². The van der Waals surface area contributed by atoms with Crippen molar-refractivity contribution in [3.63, 3.8) is 0 Å². The number of carbonyl (C=O) groups is 1. The van der Waals surface area contributed by atoms with E-state index < -0.39 is 6.04 Å². The van der Waals surface area contributed by atoms with Gasteiger partial charge in [-0.15, -0.1) is 0 Å². The fraction of sp³-hybridized carbons (Fsp3) is 0.222. The van der Waals surface area contributed by atoms with Gasteiger partial charge in [-0.1, -0.05) is 12.1 Å². The molecule has 25 heavy (non-hydrogen) atoms. The molecule has 7 heteroatoms. The molecule has 128 valence electrons. The van der Waals surface area contributed by atoms with Crippen molar-refractivity contribution in [3.05, 3.63) is 53.3 Å². The van der Waals surface area contributed by atoms with Gasteiger partial charge in [0, 0.05) is 6.42 Å². The Hall–Kier alpha value is -3.06. The van der Waals surface area contributed by atoms with Gasteiger partial charge in [-0.3, -0.25) is 4.79 Å². The zero-order chi connectivity index (χ0) is 17.4. The summed E-state index contributed by atoms with van der Waals surface area (Å²) in [5.41, 5.74) is 15.2. The second-order valence-electron chi connectivity index (χ2n) is 6.03. The molecular formula is C18H18N4O3. The number of hydrogen-bond donors (Lipinski definition) is 3. The molecule has 3 aromatic rings. The number of benzene rings is 2. The number of nitrogens with one attached hydrogen (secondary N) is 1. The van der Waals surface area contributed by atoms with Gasteiger partial charge in [-0.2, -0.15) is 0 Å². The van der Waals surface area contributed by atoms with E-state index in [1.165, 1.54) is 0 Å². The van der Waals surface area contributed by atoms with Crippen molar-refractivity contribution in [1.82, 2.24) is 9.97 Å². The number of aromatic amines is 1. The van der Waals surface area contributed by atoms with Gasteiger partial charge in [0.15, 0.2) is 11.5 Å². The summed E-state index contributed by atoms with van der Waals surface area (Å²) in [6, 6.07) is 11.1. The summed E-state index contributed by atoms with van der Waals surface area (Å²) in [7, 11) is 0. The van der Waals surface area contributed by atoms with Crippen molar-refractivity contribution in [2.45, 2.75) is 18.9 Å². The SMILES string of the molecule is NC(=O)CCc1ccc2nc(C(N)c3ccc4c(c3)OCO4)[nH]c2c1. The molecule has 0 aliphatic carbocycles. The second-order valence-corrected chi connectivity index (χ2v) is 6.03. The largest absolute Gasteiger partial charge is 0.454 e. The van der Waals surface area contributed by atoms with Crippen molar-refractivity contribution < 1.29 is 14.3 Å². The van der Waals surface area contributed by atoms with Gasteiger partial charge < -0.3 is 25.9 Å². The molecule has 7 nitrogen and oxygen atoms in total. The summed E-state index contributed by atoms with van der Waals surface area (Å²) in [5, 5.41) is 0. The first-order valence-electron chi connectivity index (χ1n) is 8.02. The van der Waals surface area contributed by atoms with Gasteiger partial charge >= 0.3 is 0 Å². The third-order valence-corrected chi connectivity index (χ3v) is 4.28. The average Bonchev–Trinajstić information content (AvgIpc) is 3.24. The van der Waals surface area contributed by atoms with Crippen molar-refractivity contribution in [3.8, 4) is 11.5 Å². The van der Waals surface area contributed by atoms with Crippen molar-refractivity contribution in [1.29, 1.82) is 0 Å². The third-order valence-electron chi connectivity index (χ3n) is 4.28. The zero-order valence-electron chi connectivity index (χ0n) is 13.5. The standard InChI is InChI=1S/C18H18N4O3/c19-16(23)6-2-10-1-4-12-13(7-10)22-18(21-12)17(20)11-3-5-14-15(8-11)25-9-24-14/h1,3-5,7-8,17H,2,6,9,20H2,(H2,19,23)(H,21,22). The predicted octanol–water partition coefficient (Wildman–Crippen LogP) is 1.76. The summed E-state index contributed by atoms with van der Waals surface area (Å²) in [6.07, 6.45) is 0.928. The van der Waals surface area contributed by atoms with Crippen LogP contribution in [0.1, 0.15) is 29.4 Å². The molecule has 1 aromatic heterocycles. The summed E-state index contributed by atoms with van der Waals surface area (Å²) in [5.74, 6) is 1.77. The fourth-order valence-electron chi connectivity index (χ4n) is 2.91. The molecule has 0 spiro atoms. The smallest absolute Gasteiger partial charge is 0.231 e. The molecule has 1 aliphatic heterocycles. The monoisotopic (exact) mass is 338 g/mol.